The van der Waals surface area contributed by atoms with Gasteiger partial charge in [-0.15, -0.1) is 0 Å². The average molecular weight is 277 g/mol. The number of esters is 1. The fraction of sp³-hybridized carbons (Fsp3) is 0.167. The highest BCUT2D eigenvalue weighted by Crippen LogP contribution is 2.15. The van der Waals surface area contributed by atoms with Crippen molar-refractivity contribution in [3.8, 4) is 0 Å². The molecular formula is C12H9N2O6+. The Balaban J connectivity index is 2.41. The first-order valence-corrected chi connectivity index (χ1v) is 5.56. The summed E-state index contributed by atoms with van der Waals surface area (Å²) in [6, 6.07) is 3.90. The third-order valence-corrected chi connectivity index (χ3v) is 2.39. The predicted octanol–water partition coefficient (Wildman–Crippen LogP) is 0.812. The lowest BCUT2D eigenvalue weighted by Gasteiger charge is -1.96. The topological polar surface area (TPSA) is 125 Å². The Morgan fingerprint density at radius 1 is 1.30 bits per heavy atom. The number of rotatable bonds is 4. The van der Waals surface area contributed by atoms with Crippen LogP contribution in [0.5, 0.6) is 0 Å². The fourth-order valence-corrected chi connectivity index (χ4v) is 1.54. The van der Waals surface area contributed by atoms with Gasteiger partial charge in [0.2, 0.25) is 0 Å². The standard InChI is InChI=1S/C12H9N2O6/c1-2-18-11(16)9(14-13)10(15)6-3-4-7-8(5-6)20-12(17)19-7/h3-5,13H,2H2,1H3/q+1. The summed E-state index contributed by atoms with van der Waals surface area (Å²) in [4.78, 5) is 37.3. The van der Waals surface area contributed by atoms with E-state index in [9.17, 15) is 14.4 Å². The maximum absolute atomic E-state index is 12.0. The van der Waals surface area contributed by atoms with Crippen LogP contribution in [0.15, 0.2) is 31.8 Å². The highest BCUT2D eigenvalue weighted by molar-refractivity contribution is 6.65. The van der Waals surface area contributed by atoms with Crippen LogP contribution < -0.4 is 5.82 Å². The molecule has 0 radical (unpaired) electrons. The molecule has 2 aromatic rings. The third-order valence-electron chi connectivity index (χ3n) is 2.39. The molecule has 0 saturated heterocycles. The molecule has 1 heterocycles. The van der Waals surface area contributed by atoms with E-state index < -0.39 is 23.3 Å². The highest BCUT2D eigenvalue weighted by Gasteiger charge is 2.35. The number of nitrogens with zero attached hydrogens (tertiary/aromatic N) is 1. The van der Waals surface area contributed by atoms with Gasteiger partial charge < -0.3 is 13.6 Å². The van der Waals surface area contributed by atoms with Crippen molar-refractivity contribution in [2.75, 3.05) is 6.61 Å². The number of ketones is 1. The molecule has 0 aliphatic rings. The third kappa shape index (κ3) is 2.40. The van der Waals surface area contributed by atoms with Gasteiger partial charge in [0.05, 0.1) is 16.9 Å². The Kier molecular flexibility index (Phi) is 3.58. The van der Waals surface area contributed by atoms with Crippen LogP contribution in [-0.2, 0) is 9.53 Å². The summed E-state index contributed by atoms with van der Waals surface area (Å²) in [6.45, 7) is 1.62. The summed E-state index contributed by atoms with van der Waals surface area (Å²) in [6.07, 6.45) is 0. The van der Waals surface area contributed by atoms with Crippen LogP contribution in [0.3, 0.4) is 0 Å². The zero-order chi connectivity index (χ0) is 14.7. The van der Waals surface area contributed by atoms with Gasteiger partial charge in [0.15, 0.2) is 11.2 Å². The van der Waals surface area contributed by atoms with E-state index in [0.29, 0.717) is 0 Å². The molecular weight excluding hydrogens is 268 g/mol. The van der Waals surface area contributed by atoms with Gasteiger partial charge in [-0.05, 0) is 25.1 Å². The van der Waals surface area contributed by atoms with Crippen LogP contribution in [-0.4, -0.2) is 28.9 Å². The molecule has 0 aliphatic carbocycles. The van der Waals surface area contributed by atoms with E-state index in [1.165, 1.54) is 18.2 Å². The maximum atomic E-state index is 12.0. The largest absolute Gasteiger partial charge is 0.519 e. The zero-order valence-electron chi connectivity index (χ0n) is 10.3. The Labute approximate surface area is 111 Å². The molecule has 8 heteroatoms. The summed E-state index contributed by atoms with van der Waals surface area (Å²) in [5, 5.41) is 0. The van der Waals surface area contributed by atoms with E-state index >= 15 is 0 Å². The van der Waals surface area contributed by atoms with Crippen molar-refractivity contribution in [1.82, 2.24) is 0 Å². The summed E-state index contributed by atoms with van der Waals surface area (Å²) in [5.41, 5.74) is 6.50. The number of nitrogens with one attached hydrogen (secondary N) is 1. The van der Waals surface area contributed by atoms with Crippen molar-refractivity contribution in [3.05, 3.63) is 34.4 Å². The molecule has 0 unspecified atom stereocenters. The normalized spacial score (nSPS) is 10.1. The predicted molar refractivity (Wildman–Crippen MR) is 63.7 cm³/mol. The lowest BCUT2D eigenvalue weighted by atomic mass is 10.1. The molecule has 0 atom stereocenters. The van der Waals surface area contributed by atoms with E-state index in [1.807, 2.05) is 0 Å². The number of hydrogen-bond donors (Lipinski definition) is 1. The molecule has 8 nitrogen and oxygen atoms in total. The zero-order valence-corrected chi connectivity index (χ0v) is 10.3. The second kappa shape index (κ2) is 5.33. The summed E-state index contributed by atoms with van der Waals surface area (Å²) < 4.78 is 14.0. The van der Waals surface area contributed by atoms with Gasteiger partial charge in [0.1, 0.15) is 0 Å². The number of benzene rings is 1. The molecule has 1 aromatic heterocycles. The van der Waals surface area contributed by atoms with E-state index in [2.05, 4.69) is 13.9 Å². The molecule has 0 bridgehead atoms. The van der Waals surface area contributed by atoms with Gasteiger partial charge in [0, 0.05) is 5.56 Å². The van der Waals surface area contributed by atoms with Crippen molar-refractivity contribution in [2.24, 2.45) is 0 Å². The number of Topliss-reactive ketones (excluding diaryl/α,β-unsaturated/α-hetero) is 1. The smallest absolute Gasteiger partial charge is 0.457 e. The lowest BCUT2D eigenvalue weighted by molar-refractivity contribution is -0.151. The van der Waals surface area contributed by atoms with Gasteiger partial charge in [0.25, 0.3) is 5.78 Å². The van der Waals surface area contributed by atoms with Gasteiger partial charge in [-0.1, -0.05) is 0 Å². The molecule has 1 aromatic carbocycles. The molecule has 20 heavy (non-hydrogen) atoms. The van der Waals surface area contributed by atoms with Crippen molar-refractivity contribution in [2.45, 2.75) is 6.92 Å². The minimum absolute atomic E-state index is 0.0288. The number of carbonyl (C=O) groups excluding carboxylic acids is 2. The first-order valence-electron chi connectivity index (χ1n) is 5.56. The van der Waals surface area contributed by atoms with E-state index in [4.69, 9.17) is 9.95 Å². The average Bonchev–Trinajstić information content (AvgIpc) is 2.78. The van der Waals surface area contributed by atoms with Crippen LogP contribution in [0, 0.1) is 5.53 Å². The number of ether oxygens (including phenoxy) is 1. The Hall–Kier alpha value is -2.99. The Bertz CT molecular complexity index is 794. The number of carbonyl (C=O) groups is 2. The minimum Gasteiger partial charge on any atom is -0.457 e. The summed E-state index contributed by atoms with van der Waals surface area (Å²) in [5.74, 6) is -2.69. The Morgan fingerprint density at radius 3 is 2.65 bits per heavy atom. The fourth-order valence-electron chi connectivity index (χ4n) is 1.54. The second-order valence-electron chi connectivity index (χ2n) is 3.63. The van der Waals surface area contributed by atoms with Gasteiger partial charge in [-0.3, -0.25) is 4.79 Å². The van der Waals surface area contributed by atoms with Crippen molar-refractivity contribution in [1.29, 1.82) is 5.53 Å². The monoisotopic (exact) mass is 277 g/mol. The molecule has 0 aliphatic heterocycles. The molecule has 2 rings (SSSR count). The SMILES string of the molecule is CCOC(=O)C(=[N+]=N)C(=O)c1ccc2oc(=O)oc2c1. The Morgan fingerprint density at radius 2 is 2.00 bits per heavy atom. The molecule has 1 N–H and O–H groups in total. The number of hydrogen-bond acceptors (Lipinski definition) is 7. The summed E-state index contributed by atoms with van der Waals surface area (Å²) >= 11 is 0. The van der Waals surface area contributed by atoms with Crippen LogP contribution in [0.4, 0.5) is 0 Å². The van der Waals surface area contributed by atoms with E-state index in [0.717, 1.165) is 0 Å². The molecule has 0 fully saturated rings. The molecule has 102 valence electrons. The van der Waals surface area contributed by atoms with Crippen LogP contribution in [0.1, 0.15) is 17.3 Å². The maximum Gasteiger partial charge on any atom is 0.519 e. The van der Waals surface area contributed by atoms with Gasteiger partial charge in [-0.25, -0.2) is 9.59 Å². The van der Waals surface area contributed by atoms with E-state index in [1.54, 1.807) is 6.92 Å². The molecule has 0 spiro atoms. The first-order chi connectivity index (χ1) is 9.56. The molecule has 0 saturated carbocycles. The van der Waals surface area contributed by atoms with Crippen molar-refractivity contribution in [3.63, 3.8) is 0 Å². The lowest BCUT2D eigenvalue weighted by Crippen LogP contribution is -2.27. The van der Waals surface area contributed by atoms with Gasteiger partial charge in [-0.2, -0.15) is 0 Å². The van der Waals surface area contributed by atoms with Crippen LogP contribution >= 0.6 is 0 Å². The number of fused-ring (bicyclic) bond motifs is 1. The quantitative estimate of drug-likeness (QED) is 0.220. The second-order valence-corrected chi connectivity index (χ2v) is 3.63. The molecule has 0 amide bonds. The van der Waals surface area contributed by atoms with Crippen molar-refractivity contribution < 1.29 is 28.0 Å². The van der Waals surface area contributed by atoms with E-state index in [-0.39, 0.29) is 23.3 Å². The van der Waals surface area contributed by atoms with Crippen molar-refractivity contribution >= 4 is 28.6 Å². The van der Waals surface area contributed by atoms with Crippen LogP contribution in [0.2, 0.25) is 0 Å². The van der Waals surface area contributed by atoms with Crippen LogP contribution in [0.25, 0.3) is 11.2 Å². The van der Waals surface area contributed by atoms with Gasteiger partial charge >= 0.3 is 17.5 Å². The minimum atomic E-state index is -0.985. The first kappa shape index (κ1) is 13.4. The summed E-state index contributed by atoms with van der Waals surface area (Å²) in [7, 11) is 0. The highest BCUT2D eigenvalue weighted by atomic mass is 16.6.